The zero-order valence-corrected chi connectivity index (χ0v) is 24.1. The lowest BCUT2D eigenvalue weighted by atomic mass is 10.00. The minimum Gasteiger partial charge on any atom is -0.451 e. The summed E-state index contributed by atoms with van der Waals surface area (Å²) in [6.45, 7) is 0. The van der Waals surface area contributed by atoms with Crippen LogP contribution in [0.4, 0.5) is 0 Å². The van der Waals surface area contributed by atoms with Gasteiger partial charge in [0, 0.05) is 27.3 Å². The number of hydrogen-bond donors (Lipinski definition) is 0. The van der Waals surface area contributed by atoms with Gasteiger partial charge in [-0.3, -0.25) is 0 Å². The molecule has 0 spiro atoms. The number of hydrogen-bond acceptors (Lipinski definition) is 4. The zero-order chi connectivity index (χ0) is 29.7. The molecule has 0 aliphatic heterocycles. The largest absolute Gasteiger partial charge is 0.451 e. The molecule has 212 valence electrons. The van der Waals surface area contributed by atoms with Gasteiger partial charge in [0.05, 0.1) is 16.7 Å². The topological polar surface area (TPSA) is 57.0 Å². The molecule has 0 radical (unpaired) electrons. The van der Waals surface area contributed by atoms with Gasteiger partial charge in [0.25, 0.3) is 0 Å². The van der Waals surface area contributed by atoms with Crippen molar-refractivity contribution in [1.82, 2.24) is 14.5 Å². The van der Waals surface area contributed by atoms with Crippen LogP contribution in [0.15, 0.2) is 162 Å². The van der Waals surface area contributed by atoms with Crippen molar-refractivity contribution in [2.75, 3.05) is 0 Å². The molecule has 0 saturated carbocycles. The molecule has 0 unspecified atom stereocenters. The van der Waals surface area contributed by atoms with Gasteiger partial charge in [-0.05, 0) is 45.8 Å². The third kappa shape index (κ3) is 4.25. The van der Waals surface area contributed by atoms with Crippen molar-refractivity contribution in [2.45, 2.75) is 0 Å². The molecular weight excluding hydrogens is 554 g/mol. The normalized spacial score (nSPS) is 11.6. The van der Waals surface area contributed by atoms with E-state index in [0.29, 0.717) is 0 Å². The summed E-state index contributed by atoms with van der Waals surface area (Å²) < 4.78 is 12.8. The second kappa shape index (κ2) is 10.2. The number of fused-ring (bicyclic) bond motifs is 4. The fraction of sp³-hybridized carbons (Fsp3) is 0. The van der Waals surface area contributed by atoms with Crippen LogP contribution < -0.4 is 0 Å². The van der Waals surface area contributed by atoms with Crippen LogP contribution in [0.5, 0.6) is 0 Å². The Labute approximate surface area is 258 Å². The van der Waals surface area contributed by atoms with Gasteiger partial charge >= 0.3 is 0 Å². The quantitative estimate of drug-likeness (QED) is 0.204. The average Bonchev–Trinajstić information content (AvgIpc) is 3.89. The Hall–Kier alpha value is -6.20. The molecule has 3 heterocycles. The van der Waals surface area contributed by atoms with Crippen LogP contribution in [0, 0.1) is 0 Å². The standard InChI is InChI=1S/C40H25N3O2/c1-2-6-33-28(4-1)5-3-7-38(33)43-39-20-31(26-8-12-29(13-9-26)36-22-44-24-41-36)16-18-34(39)35-19-17-32(21-40(35)43)27-10-14-30(15-11-27)37-23-45-25-42-37/h1-25H. The van der Waals surface area contributed by atoms with E-state index in [1.54, 1.807) is 12.5 Å². The van der Waals surface area contributed by atoms with E-state index >= 15 is 0 Å². The molecule has 5 heteroatoms. The molecule has 9 aromatic rings. The molecule has 45 heavy (non-hydrogen) atoms. The summed E-state index contributed by atoms with van der Waals surface area (Å²) in [6.07, 6.45) is 6.26. The van der Waals surface area contributed by atoms with Crippen LogP contribution in [0.3, 0.4) is 0 Å². The van der Waals surface area contributed by atoms with Crippen molar-refractivity contribution >= 4 is 32.6 Å². The van der Waals surface area contributed by atoms with E-state index < -0.39 is 0 Å². The maximum atomic E-state index is 5.18. The molecule has 0 N–H and O–H groups in total. The van der Waals surface area contributed by atoms with Gasteiger partial charge in [-0.2, -0.15) is 0 Å². The van der Waals surface area contributed by atoms with E-state index in [1.165, 1.54) is 34.3 Å². The lowest BCUT2D eigenvalue weighted by Crippen LogP contribution is -1.95. The second-order valence-electron chi connectivity index (χ2n) is 11.2. The van der Waals surface area contributed by atoms with E-state index in [1.807, 2.05) is 0 Å². The van der Waals surface area contributed by atoms with Gasteiger partial charge in [-0.15, -0.1) is 0 Å². The molecule has 0 atom stereocenters. The fourth-order valence-electron chi connectivity index (χ4n) is 6.42. The molecule has 3 aromatic heterocycles. The molecule has 0 aliphatic rings. The first kappa shape index (κ1) is 25.3. The summed E-state index contributed by atoms with van der Waals surface area (Å²) in [7, 11) is 0. The highest BCUT2D eigenvalue weighted by molar-refractivity contribution is 6.12. The molecule has 0 aliphatic carbocycles. The minimum absolute atomic E-state index is 0.830. The lowest BCUT2D eigenvalue weighted by molar-refractivity contribution is 0.558. The van der Waals surface area contributed by atoms with Gasteiger partial charge in [-0.25, -0.2) is 9.97 Å². The molecular formula is C40H25N3O2. The average molecular weight is 580 g/mol. The molecule has 6 aromatic carbocycles. The van der Waals surface area contributed by atoms with Gasteiger partial charge in [0.1, 0.15) is 23.9 Å². The monoisotopic (exact) mass is 579 g/mol. The van der Waals surface area contributed by atoms with Crippen LogP contribution in [0.2, 0.25) is 0 Å². The van der Waals surface area contributed by atoms with E-state index in [2.05, 4.69) is 142 Å². The van der Waals surface area contributed by atoms with Crippen molar-refractivity contribution in [3.8, 4) is 50.5 Å². The molecule has 0 bridgehead atoms. The first-order valence-corrected chi connectivity index (χ1v) is 14.8. The van der Waals surface area contributed by atoms with Crippen LogP contribution in [-0.2, 0) is 0 Å². The zero-order valence-electron chi connectivity index (χ0n) is 24.1. The van der Waals surface area contributed by atoms with E-state index in [-0.39, 0.29) is 0 Å². The lowest BCUT2D eigenvalue weighted by Gasteiger charge is -2.13. The highest BCUT2D eigenvalue weighted by Crippen LogP contribution is 2.39. The van der Waals surface area contributed by atoms with E-state index in [0.717, 1.165) is 61.5 Å². The first-order chi connectivity index (χ1) is 22.3. The highest BCUT2D eigenvalue weighted by atomic mass is 16.3. The van der Waals surface area contributed by atoms with E-state index in [4.69, 9.17) is 8.83 Å². The highest BCUT2D eigenvalue weighted by Gasteiger charge is 2.16. The summed E-state index contributed by atoms with van der Waals surface area (Å²) in [5.74, 6) is 0. The summed E-state index contributed by atoms with van der Waals surface area (Å²) >= 11 is 0. The van der Waals surface area contributed by atoms with E-state index in [9.17, 15) is 0 Å². The van der Waals surface area contributed by atoms with Gasteiger partial charge in [0.2, 0.25) is 0 Å². The van der Waals surface area contributed by atoms with Crippen molar-refractivity contribution in [1.29, 1.82) is 0 Å². The molecule has 0 amide bonds. The maximum Gasteiger partial charge on any atom is 0.181 e. The Morgan fingerprint density at radius 2 is 0.911 bits per heavy atom. The van der Waals surface area contributed by atoms with Crippen LogP contribution in [0.1, 0.15) is 0 Å². The number of nitrogens with zero attached hydrogens (tertiary/aromatic N) is 3. The van der Waals surface area contributed by atoms with Crippen LogP contribution in [-0.4, -0.2) is 14.5 Å². The van der Waals surface area contributed by atoms with Gasteiger partial charge < -0.3 is 13.4 Å². The smallest absolute Gasteiger partial charge is 0.181 e. The van der Waals surface area contributed by atoms with Crippen LogP contribution >= 0.6 is 0 Å². The SMILES string of the molecule is c1ccc2c(-n3c4cc(-c5ccc(-c6cocn6)cc5)ccc4c4ccc(-c5ccc(-c6cocn6)cc5)cc43)cccc2c1. The van der Waals surface area contributed by atoms with Crippen molar-refractivity contribution in [3.05, 3.63) is 153 Å². The number of rotatable bonds is 5. The summed E-state index contributed by atoms with van der Waals surface area (Å²) in [5.41, 5.74) is 11.8. The minimum atomic E-state index is 0.830. The third-order valence-electron chi connectivity index (χ3n) is 8.67. The Balaban J connectivity index is 1.24. The maximum absolute atomic E-state index is 5.18. The fourth-order valence-corrected chi connectivity index (χ4v) is 6.42. The van der Waals surface area contributed by atoms with Gasteiger partial charge in [0.15, 0.2) is 12.8 Å². The number of aromatic nitrogens is 3. The first-order valence-electron chi connectivity index (χ1n) is 14.8. The summed E-state index contributed by atoms with van der Waals surface area (Å²) in [4.78, 5) is 8.58. The predicted molar refractivity (Wildman–Crippen MR) is 180 cm³/mol. The summed E-state index contributed by atoms with van der Waals surface area (Å²) in [6, 6.07) is 45.7. The molecule has 5 nitrogen and oxygen atoms in total. The van der Waals surface area contributed by atoms with Gasteiger partial charge in [-0.1, -0.05) is 109 Å². The third-order valence-corrected chi connectivity index (χ3v) is 8.67. The van der Waals surface area contributed by atoms with Crippen molar-refractivity contribution in [3.63, 3.8) is 0 Å². The Morgan fingerprint density at radius 1 is 0.422 bits per heavy atom. The Morgan fingerprint density at radius 3 is 1.44 bits per heavy atom. The Bertz CT molecular complexity index is 2310. The second-order valence-corrected chi connectivity index (χ2v) is 11.2. The van der Waals surface area contributed by atoms with Crippen molar-refractivity contribution < 1.29 is 8.83 Å². The Kier molecular flexibility index (Phi) is 5.74. The number of oxazole rings is 2. The van der Waals surface area contributed by atoms with Crippen molar-refractivity contribution in [2.24, 2.45) is 0 Å². The molecule has 0 fully saturated rings. The predicted octanol–water partition coefficient (Wildman–Crippen LogP) is 10.6. The number of benzene rings is 6. The molecule has 9 rings (SSSR count). The van der Waals surface area contributed by atoms with Crippen LogP contribution in [0.25, 0.3) is 83.0 Å². The summed E-state index contributed by atoms with van der Waals surface area (Å²) in [5, 5.41) is 4.86. The molecule has 0 saturated heterocycles.